The first-order valence-corrected chi connectivity index (χ1v) is 7.96. The Kier molecular flexibility index (Phi) is 4.89. The van der Waals surface area contributed by atoms with E-state index in [0.717, 1.165) is 37.2 Å². The lowest BCUT2D eigenvalue weighted by atomic mass is 10.1. The molecular formula is C17H19F2N3O2. The summed E-state index contributed by atoms with van der Waals surface area (Å²) in [5.41, 5.74) is 1.17. The molecule has 24 heavy (non-hydrogen) atoms. The van der Waals surface area contributed by atoms with Crippen molar-refractivity contribution in [2.45, 2.75) is 12.8 Å². The van der Waals surface area contributed by atoms with Gasteiger partial charge in [-0.1, -0.05) is 11.6 Å². The highest BCUT2D eigenvalue weighted by atomic mass is 19.1. The van der Waals surface area contributed by atoms with E-state index in [2.05, 4.69) is 10.6 Å². The maximum absolute atomic E-state index is 13.8. The van der Waals surface area contributed by atoms with Crippen LogP contribution in [0.15, 0.2) is 29.8 Å². The predicted octanol–water partition coefficient (Wildman–Crippen LogP) is 1.35. The molecule has 1 atom stereocenters. The van der Waals surface area contributed by atoms with E-state index in [-0.39, 0.29) is 30.5 Å². The number of hydrogen-bond donors (Lipinski definition) is 2. The van der Waals surface area contributed by atoms with Crippen molar-refractivity contribution < 1.29 is 18.4 Å². The van der Waals surface area contributed by atoms with Crippen molar-refractivity contribution in [1.29, 1.82) is 0 Å². The monoisotopic (exact) mass is 335 g/mol. The molecule has 5 nitrogen and oxygen atoms in total. The zero-order valence-electron chi connectivity index (χ0n) is 13.1. The van der Waals surface area contributed by atoms with Gasteiger partial charge in [0.15, 0.2) is 0 Å². The second kappa shape index (κ2) is 7.09. The van der Waals surface area contributed by atoms with Gasteiger partial charge in [-0.3, -0.25) is 9.59 Å². The summed E-state index contributed by atoms with van der Waals surface area (Å²) in [5.74, 6) is -2.57. The van der Waals surface area contributed by atoms with E-state index in [0.29, 0.717) is 6.54 Å². The third-order valence-electron chi connectivity index (χ3n) is 4.34. The summed E-state index contributed by atoms with van der Waals surface area (Å²) in [6.07, 6.45) is 2.96. The fraction of sp³-hybridized carbons (Fsp3) is 0.412. The molecule has 0 aliphatic carbocycles. The standard InChI is InChI=1S/C17H19F2N3O2/c18-13-1-2-15(14(19)8-13)22-10-12(7-16(22)23)17(24)21-9-11-3-5-20-6-4-11/h1-3,8,12,20H,4-7,9-10H2,(H,21,24). The van der Waals surface area contributed by atoms with Crippen LogP contribution in [0.3, 0.4) is 0 Å². The van der Waals surface area contributed by atoms with Crippen LogP contribution < -0.4 is 15.5 Å². The Labute approximate surface area is 138 Å². The van der Waals surface area contributed by atoms with Crippen LogP contribution >= 0.6 is 0 Å². The van der Waals surface area contributed by atoms with Gasteiger partial charge in [0.05, 0.1) is 11.6 Å². The number of benzene rings is 1. The summed E-state index contributed by atoms with van der Waals surface area (Å²) < 4.78 is 26.8. The highest BCUT2D eigenvalue weighted by Gasteiger charge is 2.36. The van der Waals surface area contributed by atoms with Gasteiger partial charge in [0.2, 0.25) is 11.8 Å². The van der Waals surface area contributed by atoms with Gasteiger partial charge in [-0.15, -0.1) is 0 Å². The molecule has 2 amide bonds. The molecule has 128 valence electrons. The molecule has 7 heteroatoms. The second-order valence-electron chi connectivity index (χ2n) is 6.04. The maximum Gasteiger partial charge on any atom is 0.227 e. The largest absolute Gasteiger partial charge is 0.352 e. The summed E-state index contributed by atoms with van der Waals surface area (Å²) in [6, 6.07) is 3.06. The zero-order chi connectivity index (χ0) is 17.1. The normalized spacial score (nSPS) is 20.9. The Morgan fingerprint density at radius 2 is 2.21 bits per heavy atom. The lowest BCUT2D eigenvalue weighted by Gasteiger charge is -2.18. The SMILES string of the molecule is O=C(NCC1=CCNCC1)C1CC(=O)N(c2ccc(F)cc2F)C1. The van der Waals surface area contributed by atoms with Gasteiger partial charge in [-0.25, -0.2) is 8.78 Å². The number of carbonyl (C=O) groups is 2. The Morgan fingerprint density at radius 3 is 2.92 bits per heavy atom. The molecule has 2 heterocycles. The van der Waals surface area contributed by atoms with Gasteiger partial charge in [-0.05, 0) is 25.1 Å². The highest BCUT2D eigenvalue weighted by molar-refractivity contribution is 6.00. The molecule has 0 saturated carbocycles. The third kappa shape index (κ3) is 3.62. The van der Waals surface area contributed by atoms with Gasteiger partial charge in [-0.2, -0.15) is 0 Å². The molecule has 1 unspecified atom stereocenters. The summed E-state index contributed by atoms with van der Waals surface area (Å²) in [6.45, 7) is 2.26. The van der Waals surface area contributed by atoms with Gasteiger partial charge in [0.25, 0.3) is 0 Å². The first kappa shape index (κ1) is 16.6. The van der Waals surface area contributed by atoms with Crippen molar-refractivity contribution >= 4 is 17.5 Å². The number of amides is 2. The summed E-state index contributed by atoms with van der Waals surface area (Å²) in [4.78, 5) is 25.6. The lowest BCUT2D eigenvalue weighted by molar-refractivity contribution is -0.126. The number of carbonyl (C=O) groups excluding carboxylic acids is 2. The van der Waals surface area contributed by atoms with Crippen LogP contribution in [0, 0.1) is 17.6 Å². The van der Waals surface area contributed by atoms with Crippen molar-refractivity contribution in [3.05, 3.63) is 41.5 Å². The molecule has 2 aliphatic heterocycles. The van der Waals surface area contributed by atoms with Gasteiger partial charge in [0.1, 0.15) is 11.6 Å². The second-order valence-corrected chi connectivity index (χ2v) is 6.04. The predicted molar refractivity (Wildman–Crippen MR) is 85.4 cm³/mol. The van der Waals surface area contributed by atoms with E-state index in [1.807, 2.05) is 6.08 Å². The molecule has 2 N–H and O–H groups in total. The van der Waals surface area contributed by atoms with E-state index < -0.39 is 17.6 Å². The van der Waals surface area contributed by atoms with E-state index in [9.17, 15) is 18.4 Å². The topological polar surface area (TPSA) is 61.4 Å². The van der Waals surface area contributed by atoms with Gasteiger partial charge in [0, 0.05) is 32.1 Å². The average Bonchev–Trinajstić information content (AvgIpc) is 2.95. The van der Waals surface area contributed by atoms with E-state index >= 15 is 0 Å². The summed E-state index contributed by atoms with van der Waals surface area (Å²) >= 11 is 0. The molecule has 1 saturated heterocycles. The van der Waals surface area contributed by atoms with Crippen LogP contribution in [0.1, 0.15) is 12.8 Å². The van der Waals surface area contributed by atoms with Crippen molar-refractivity contribution in [2.75, 3.05) is 31.1 Å². The molecule has 1 aromatic carbocycles. The van der Waals surface area contributed by atoms with Crippen LogP contribution in [0.2, 0.25) is 0 Å². The molecule has 0 radical (unpaired) electrons. The van der Waals surface area contributed by atoms with Crippen LogP contribution in [-0.2, 0) is 9.59 Å². The smallest absolute Gasteiger partial charge is 0.227 e. The Balaban J connectivity index is 1.61. The van der Waals surface area contributed by atoms with E-state index in [4.69, 9.17) is 0 Å². The fourth-order valence-electron chi connectivity index (χ4n) is 2.99. The van der Waals surface area contributed by atoms with Crippen molar-refractivity contribution in [3.8, 4) is 0 Å². The Bertz CT molecular complexity index is 690. The molecule has 1 fully saturated rings. The summed E-state index contributed by atoms with van der Waals surface area (Å²) in [7, 11) is 0. The number of rotatable bonds is 4. The van der Waals surface area contributed by atoms with Crippen molar-refractivity contribution in [1.82, 2.24) is 10.6 Å². The fourth-order valence-corrected chi connectivity index (χ4v) is 2.99. The molecule has 0 bridgehead atoms. The number of nitrogens with zero attached hydrogens (tertiary/aromatic N) is 1. The highest BCUT2D eigenvalue weighted by Crippen LogP contribution is 2.28. The lowest BCUT2D eigenvalue weighted by Crippen LogP contribution is -2.35. The zero-order valence-corrected chi connectivity index (χ0v) is 13.1. The van der Waals surface area contributed by atoms with Crippen LogP contribution in [0.5, 0.6) is 0 Å². The molecule has 2 aliphatic rings. The average molecular weight is 335 g/mol. The first-order valence-electron chi connectivity index (χ1n) is 7.96. The van der Waals surface area contributed by atoms with Crippen molar-refractivity contribution in [2.24, 2.45) is 5.92 Å². The number of nitrogens with one attached hydrogen (secondary N) is 2. The maximum atomic E-state index is 13.8. The third-order valence-corrected chi connectivity index (χ3v) is 4.34. The number of anilines is 1. The Morgan fingerprint density at radius 1 is 1.38 bits per heavy atom. The quantitative estimate of drug-likeness (QED) is 0.817. The molecule has 1 aromatic rings. The number of hydrogen-bond acceptors (Lipinski definition) is 3. The van der Waals surface area contributed by atoms with Gasteiger partial charge < -0.3 is 15.5 Å². The minimum absolute atomic E-state index is 0.0118. The Hall–Kier alpha value is -2.28. The van der Waals surface area contributed by atoms with E-state index in [1.165, 1.54) is 11.0 Å². The number of halogens is 2. The van der Waals surface area contributed by atoms with Crippen molar-refractivity contribution in [3.63, 3.8) is 0 Å². The minimum Gasteiger partial charge on any atom is -0.352 e. The molecular weight excluding hydrogens is 316 g/mol. The first-order chi connectivity index (χ1) is 11.5. The van der Waals surface area contributed by atoms with E-state index in [1.54, 1.807) is 0 Å². The molecule has 0 spiro atoms. The van der Waals surface area contributed by atoms with Gasteiger partial charge >= 0.3 is 0 Å². The van der Waals surface area contributed by atoms with Crippen LogP contribution in [0.4, 0.5) is 14.5 Å². The van der Waals surface area contributed by atoms with Crippen LogP contribution in [-0.4, -0.2) is 38.0 Å². The minimum atomic E-state index is -0.802. The molecule has 3 rings (SSSR count). The summed E-state index contributed by atoms with van der Waals surface area (Å²) in [5, 5.41) is 6.04. The molecule has 0 aromatic heterocycles. The van der Waals surface area contributed by atoms with Crippen LogP contribution in [0.25, 0.3) is 0 Å².